The van der Waals surface area contributed by atoms with Crippen molar-refractivity contribution in [3.8, 4) is 0 Å². The molecular weight excluding hydrogens is 172 g/mol. The van der Waals surface area contributed by atoms with Gasteiger partial charge in [-0.2, -0.15) is 0 Å². The standard InChI is InChI=1S/C13H22O/c1-3-6-11-8-5-9-13(14)12(10-11)7-4-2/h3-4,11-14H,1-2,5-10H2. The maximum Gasteiger partial charge on any atom is 0.0571 e. The molecule has 3 unspecified atom stereocenters. The highest BCUT2D eigenvalue weighted by Gasteiger charge is 2.25. The molecular formula is C13H22O. The van der Waals surface area contributed by atoms with Crippen LogP contribution in [0, 0.1) is 11.8 Å². The second-order valence-corrected chi connectivity index (χ2v) is 4.41. The molecule has 14 heavy (non-hydrogen) atoms. The summed E-state index contributed by atoms with van der Waals surface area (Å²) in [5.41, 5.74) is 0. The van der Waals surface area contributed by atoms with Gasteiger partial charge in [0.25, 0.3) is 0 Å². The Morgan fingerprint density at radius 3 is 2.50 bits per heavy atom. The summed E-state index contributed by atoms with van der Waals surface area (Å²) in [6, 6.07) is 0. The van der Waals surface area contributed by atoms with E-state index in [1.54, 1.807) is 0 Å². The van der Waals surface area contributed by atoms with Gasteiger partial charge >= 0.3 is 0 Å². The van der Waals surface area contributed by atoms with E-state index in [0.29, 0.717) is 5.92 Å². The van der Waals surface area contributed by atoms with E-state index in [0.717, 1.165) is 38.0 Å². The van der Waals surface area contributed by atoms with Gasteiger partial charge in [-0.3, -0.25) is 0 Å². The molecule has 1 saturated carbocycles. The van der Waals surface area contributed by atoms with E-state index in [1.807, 2.05) is 12.2 Å². The Morgan fingerprint density at radius 2 is 1.86 bits per heavy atom. The molecule has 0 bridgehead atoms. The second kappa shape index (κ2) is 6.02. The van der Waals surface area contributed by atoms with E-state index < -0.39 is 0 Å². The Labute approximate surface area is 87.5 Å². The molecule has 3 atom stereocenters. The van der Waals surface area contributed by atoms with Crippen molar-refractivity contribution >= 4 is 0 Å². The zero-order valence-corrected chi connectivity index (χ0v) is 8.99. The van der Waals surface area contributed by atoms with Crippen LogP contribution >= 0.6 is 0 Å². The van der Waals surface area contributed by atoms with Crippen LogP contribution in [-0.4, -0.2) is 11.2 Å². The zero-order chi connectivity index (χ0) is 10.4. The van der Waals surface area contributed by atoms with Crippen LogP contribution in [0.1, 0.15) is 38.5 Å². The van der Waals surface area contributed by atoms with Gasteiger partial charge in [0.2, 0.25) is 0 Å². The topological polar surface area (TPSA) is 20.2 Å². The van der Waals surface area contributed by atoms with Crippen molar-refractivity contribution in [3.63, 3.8) is 0 Å². The number of allylic oxidation sites excluding steroid dienone is 2. The van der Waals surface area contributed by atoms with Crippen LogP contribution < -0.4 is 0 Å². The second-order valence-electron chi connectivity index (χ2n) is 4.41. The summed E-state index contributed by atoms with van der Waals surface area (Å²) in [5, 5.41) is 9.89. The number of hydrogen-bond donors (Lipinski definition) is 1. The first-order chi connectivity index (χ1) is 6.77. The van der Waals surface area contributed by atoms with E-state index in [-0.39, 0.29) is 6.10 Å². The first kappa shape index (κ1) is 11.5. The summed E-state index contributed by atoms with van der Waals surface area (Å²) in [6.07, 6.45) is 10.4. The molecule has 1 aliphatic carbocycles. The van der Waals surface area contributed by atoms with E-state index in [9.17, 15) is 5.11 Å². The Morgan fingerprint density at radius 1 is 1.14 bits per heavy atom. The summed E-state index contributed by atoms with van der Waals surface area (Å²) >= 11 is 0. The van der Waals surface area contributed by atoms with Crippen LogP contribution in [0.25, 0.3) is 0 Å². The molecule has 0 radical (unpaired) electrons. The van der Waals surface area contributed by atoms with Crippen molar-refractivity contribution in [1.29, 1.82) is 0 Å². The first-order valence-corrected chi connectivity index (χ1v) is 5.67. The van der Waals surface area contributed by atoms with Gasteiger partial charge in [-0.25, -0.2) is 0 Å². The van der Waals surface area contributed by atoms with E-state index in [2.05, 4.69) is 13.2 Å². The average molecular weight is 194 g/mol. The summed E-state index contributed by atoms with van der Waals surface area (Å²) in [7, 11) is 0. The monoisotopic (exact) mass is 194 g/mol. The Balaban J connectivity index is 2.51. The fourth-order valence-electron chi connectivity index (χ4n) is 2.47. The molecule has 1 N–H and O–H groups in total. The van der Waals surface area contributed by atoms with Crippen LogP contribution in [0.3, 0.4) is 0 Å². The fourth-order valence-corrected chi connectivity index (χ4v) is 2.47. The lowest BCUT2D eigenvalue weighted by Gasteiger charge is -2.21. The normalized spacial score (nSPS) is 33.4. The third-order valence-electron chi connectivity index (χ3n) is 3.26. The molecule has 0 aliphatic heterocycles. The quantitative estimate of drug-likeness (QED) is 0.538. The van der Waals surface area contributed by atoms with Crippen LogP contribution in [0.15, 0.2) is 25.3 Å². The van der Waals surface area contributed by atoms with E-state index in [1.165, 1.54) is 6.42 Å². The summed E-state index contributed by atoms with van der Waals surface area (Å²) < 4.78 is 0. The van der Waals surface area contributed by atoms with Gasteiger partial charge in [0, 0.05) is 0 Å². The molecule has 1 heteroatoms. The predicted molar refractivity (Wildman–Crippen MR) is 61.1 cm³/mol. The van der Waals surface area contributed by atoms with Crippen molar-refractivity contribution in [2.75, 3.05) is 0 Å². The minimum absolute atomic E-state index is 0.109. The van der Waals surface area contributed by atoms with Gasteiger partial charge < -0.3 is 5.11 Å². The van der Waals surface area contributed by atoms with E-state index in [4.69, 9.17) is 0 Å². The molecule has 1 aliphatic rings. The van der Waals surface area contributed by atoms with Crippen molar-refractivity contribution < 1.29 is 5.11 Å². The summed E-state index contributed by atoms with van der Waals surface area (Å²) in [4.78, 5) is 0. The van der Waals surface area contributed by atoms with Crippen molar-refractivity contribution in [1.82, 2.24) is 0 Å². The molecule has 0 heterocycles. The molecule has 0 saturated heterocycles. The zero-order valence-electron chi connectivity index (χ0n) is 8.99. The number of hydrogen-bond acceptors (Lipinski definition) is 1. The molecule has 1 fully saturated rings. The molecule has 0 aromatic rings. The van der Waals surface area contributed by atoms with Gasteiger partial charge in [0.05, 0.1) is 6.10 Å². The third-order valence-corrected chi connectivity index (χ3v) is 3.26. The van der Waals surface area contributed by atoms with Crippen LogP contribution in [-0.2, 0) is 0 Å². The maximum absolute atomic E-state index is 9.89. The maximum atomic E-state index is 9.89. The third kappa shape index (κ3) is 3.30. The van der Waals surface area contributed by atoms with Crippen molar-refractivity contribution in [3.05, 3.63) is 25.3 Å². The minimum atomic E-state index is -0.109. The van der Waals surface area contributed by atoms with E-state index >= 15 is 0 Å². The summed E-state index contributed by atoms with van der Waals surface area (Å²) in [6.45, 7) is 7.55. The SMILES string of the molecule is C=CCC1CCCC(O)C(CC=C)C1. The largest absolute Gasteiger partial charge is 0.393 e. The molecule has 80 valence electrons. The van der Waals surface area contributed by atoms with Gasteiger partial charge in [-0.15, -0.1) is 13.2 Å². The number of aliphatic hydroxyl groups is 1. The number of aliphatic hydroxyl groups excluding tert-OH is 1. The van der Waals surface area contributed by atoms with Gasteiger partial charge in [-0.1, -0.05) is 25.0 Å². The Hall–Kier alpha value is -0.560. The molecule has 0 amide bonds. The first-order valence-electron chi connectivity index (χ1n) is 5.67. The highest BCUT2D eigenvalue weighted by molar-refractivity contribution is 4.85. The highest BCUT2D eigenvalue weighted by atomic mass is 16.3. The van der Waals surface area contributed by atoms with Crippen LogP contribution in [0.2, 0.25) is 0 Å². The smallest absolute Gasteiger partial charge is 0.0571 e. The molecule has 0 aromatic heterocycles. The number of rotatable bonds is 4. The Bertz CT molecular complexity index is 186. The van der Waals surface area contributed by atoms with Crippen molar-refractivity contribution in [2.24, 2.45) is 11.8 Å². The molecule has 1 rings (SSSR count). The molecule has 0 aromatic carbocycles. The molecule has 1 nitrogen and oxygen atoms in total. The lowest BCUT2D eigenvalue weighted by Crippen LogP contribution is -2.19. The average Bonchev–Trinajstić information content (AvgIpc) is 2.31. The van der Waals surface area contributed by atoms with Crippen LogP contribution in [0.5, 0.6) is 0 Å². The fraction of sp³-hybridized carbons (Fsp3) is 0.692. The predicted octanol–water partition coefficient (Wildman–Crippen LogP) is 3.31. The highest BCUT2D eigenvalue weighted by Crippen LogP contribution is 2.32. The van der Waals surface area contributed by atoms with Crippen molar-refractivity contribution in [2.45, 2.75) is 44.6 Å². The molecule has 0 spiro atoms. The van der Waals surface area contributed by atoms with Gasteiger partial charge in [0.15, 0.2) is 0 Å². The summed E-state index contributed by atoms with van der Waals surface area (Å²) in [5.74, 6) is 1.16. The lowest BCUT2D eigenvalue weighted by molar-refractivity contribution is 0.0980. The lowest BCUT2D eigenvalue weighted by atomic mass is 9.88. The van der Waals surface area contributed by atoms with Gasteiger partial charge in [0.1, 0.15) is 0 Å². The Kier molecular flexibility index (Phi) is 4.95. The van der Waals surface area contributed by atoms with Gasteiger partial charge in [-0.05, 0) is 37.5 Å². The minimum Gasteiger partial charge on any atom is -0.393 e. The van der Waals surface area contributed by atoms with Crippen LogP contribution in [0.4, 0.5) is 0 Å².